The number of nitro groups is 1. The summed E-state index contributed by atoms with van der Waals surface area (Å²) in [4.78, 5) is 35.1. The van der Waals surface area contributed by atoms with E-state index in [9.17, 15) is 28.1 Å². The highest BCUT2D eigenvalue weighted by molar-refractivity contribution is 7.89. The molecule has 0 aliphatic carbocycles. The first-order valence-corrected chi connectivity index (χ1v) is 12.3. The van der Waals surface area contributed by atoms with Crippen LogP contribution in [0.4, 0.5) is 5.69 Å². The maximum absolute atomic E-state index is 13.1. The fourth-order valence-electron chi connectivity index (χ4n) is 3.61. The van der Waals surface area contributed by atoms with Crippen molar-refractivity contribution in [3.63, 3.8) is 0 Å². The van der Waals surface area contributed by atoms with Crippen molar-refractivity contribution in [2.75, 3.05) is 7.11 Å². The third-order valence-electron chi connectivity index (χ3n) is 5.46. The second-order valence-electron chi connectivity index (χ2n) is 7.75. The number of amides is 1. The van der Waals surface area contributed by atoms with Crippen LogP contribution in [-0.4, -0.2) is 38.4 Å². The Hall–Kier alpha value is -3.83. The summed E-state index contributed by atoms with van der Waals surface area (Å²) in [7, 11) is -3.16. The van der Waals surface area contributed by atoms with Crippen LogP contribution in [0.15, 0.2) is 71.6 Å². The van der Waals surface area contributed by atoms with E-state index in [0.29, 0.717) is 5.56 Å². The smallest absolute Gasteiger partial charge is 0.307 e. The molecule has 0 radical (unpaired) electrons. The minimum atomic E-state index is -4.39. The highest BCUT2D eigenvalue weighted by Crippen LogP contribution is 2.25. The molecule has 35 heavy (non-hydrogen) atoms. The molecule has 184 valence electrons. The van der Waals surface area contributed by atoms with Gasteiger partial charge in [0.15, 0.2) is 4.90 Å². The van der Waals surface area contributed by atoms with Gasteiger partial charge in [-0.05, 0) is 34.9 Å². The molecule has 11 heteroatoms. The third kappa shape index (κ3) is 6.19. The number of hydrogen-bond donors (Lipinski definition) is 2. The van der Waals surface area contributed by atoms with E-state index in [1.54, 1.807) is 13.0 Å². The third-order valence-corrected chi connectivity index (χ3v) is 6.98. The predicted octanol–water partition coefficient (Wildman–Crippen LogP) is 3.23. The molecular formula is C24H25N3O7S. The summed E-state index contributed by atoms with van der Waals surface area (Å²) >= 11 is 0. The number of rotatable bonds is 10. The predicted molar refractivity (Wildman–Crippen MR) is 129 cm³/mol. The van der Waals surface area contributed by atoms with Crippen LogP contribution in [0.2, 0.25) is 0 Å². The van der Waals surface area contributed by atoms with Crippen molar-refractivity contribution in [2.24, 2.45) is 0 Å². The number of carbonyl (C=O) groups is 2. The Morgan fingerprint density at radius 3 is 2.34 bits per heavy atom. The average molecular weight is 500 g/mol. The largest absolute Gasteiger partial charge is 0.469 e. The normalized spacial score (nSPS) is 13.1. The standard InChI is InChI=1S/C24H25N3O7S/c1-3-19(26-35(32,33)22-11-7-6-10-21(22)27(30)31)24(29)25-20(15-23(28)34-2)18-13-12-16-8-4-5-9-17(16)14-18/h4-14,19-20,26H,3,15H2,1-2H3,(H,25,29). The summed E-state index contributed by atoms with van der Waals surface area (Å²) in [6.45, 7) is 1.59. The molecular weight excluding hydrogens is 474 g/mol. The Kier molecular flexibility index (Phi) is 8.15. The van der Waals surface area contributed by atoms with Gasteiger partial charge in [0.05, 0.1) is 24.5 Å². The quantitative estimate of drug-likeness (QED) is 0.247. The molecule has 10 nitrogen and oxygen atoms in total. The zero-order chi connectivity index (χ0) is 25.6. The molecule has 0 aliphatic heterocycles. The van der Waals surface area contributed by atoms with E-state index in [1.165, 1.54) is 19.2 Å². The minimum absolute atomic E-state index is 0.0638. The molecule has 0 spiro atoms. The molecule has 3 rings (SSSR count). The van der Waals surface area contributed by atoms with Crippen LogP contribution >= 0.6 is 0 Å². The Bertz CT molecular complexity index is 1360. The van der Waals surface area contributed by atoms with Gasteiger partial charge < -0.3 is 10.1 Å². The van der Waals surface area contributed by atoms with Crippen molar-refractivity contribution >= 4 is 38.4 Å². The minimum Gasteiger partial charge on any atom is -0.469 e. The van der Waals surface area contributed by atoms with Gasteiger partial charge in [-0.1, -0.05) is 55.5 Å². The monoisotopic (exact) mass is 499 g/mol. The Labute approximate surface area is 202 Å². The van der Waals surface area contributed by atoms with Crippen molar-refractivity contribution in [1.29, 1.82) is 0 Å². The molecule has 2 N–H and O–H groups in total. The van der Waals surface area contributed by atoms with Crippen LogP contribution in [0.1, 0.15) is 31.4 Å². The van der Waals surface area contributed by atoms with Gasteiger partial charge in [-0.25, -0.2) is 8.42 Å². The highest BCUT2D eigenvalue weighted by atomic mass is 32.2. The molecule has 0 aromatic heterocycles. The Morgan fingerprint density at radius 1 is 1.03 bits per heavy atom. The van der Waals surface area contributed by atoms with Gasteiger partial charge >= 0.3 is 5.97 Å². The van der Waals surface area contributed by atoms with Crippen LogP contribution in [-0.2, 0) is 24.3 Å². The lowest BCUT2D eigenvalue weighted by Gasteiger charge is -2.23. The van der Waals surface area contributed by atoms with Crippen molar-refractivity contribution in [3.8, 4) is 0 Å². The SMILES string of the molecule is CCC(NS(=O)(=O)c1ccccc1[N+](=O)[O-])C(=O)NC(CC(=O)OC)c1ccc2ccccc2c1. The number of esters is 1. The summed E-state index contributed by atoms with van der Waals surface area (Å²) in [6.07, 6.45) is -0.109. The number of nitrogens with one attached hydrogen (secondary N) is 2. The van der Waals surface area contributed by atoms with E-state index in [-0.39, 0.29) is 12.8 Å². The zero-order valence-corrected chi connectivity index (χ0v) is 19.9. The number of benzene rings is 3. The summed E-state index contributed by atoms with van der Waals surface area (Å²) < 4.78 is 32.8. The van der Waals surface area contributed by atoms with Gasteiger partial charge in [-0.15, -0.1) is 0 Å². The second-order valence-corrected chi connectivity index (χ2v) is 9.44. The van der Waals surface area contributed by atoms with Gasteiger partial charge in [0.2, 0.25) is 15.9 Å². The average Bonchev–Trinajstić information content (AvgIpc) is 2.86. The number of nitrogens with zero attached hydrogens (tertiary/aromatic N) is 1. The van der Waals surface area contributed by atoms with E-state index >= 15 is 0 Å². The van der Waals surface area contributed by atoms with E-state index in [4.69, 9.17) is 4.74 Å². The number of fused-ring (bicyclic) bond motifs is 1. The molecule has 0 saturated heterocycles. The fraction of sp³-hybridized carbons (Fsp3) is 0.250. The van der Waals surface area contributed by atoms with Gasteiger partial charge in [0, 0.05) is 6.07 Å². The van der Waals surface area contributed by atoms with Crippen LogP contribution in [0, 0.1) is 10.1 Å². The number of ether oxygens (including phenoxy) is 1. The molecule has 3 aromatic rings. The summed E-state index contributed by atoms with van der Waals surface area (Å²) in [6, 6.07) is 15.9. The number of hydrogen-bond acceptors (Lipinski definition) is 7. The Morgan fingerprint density at radius 2 is 1.69 bits per heavy atom. The van der Waals surface area contributed by atoms with Crippen molar-refractivity contribution in [3.05, 3.63) is 82.4 Å². The Balaban J connectivity index is 1.87. The van der Waals surface area contributed by atoms with Crippen LogP contribution in [0.3, 0.4) is 0 Å². The maximum Gasteiger partial charge on any atom is 0.307 e. The van der Waals surface area contributed by atoms with Crippen molar-refractivity contribution in [1.82, 2.24) is 10.0 Å². The number of sulfonamides is 1. The van der Waals surface area contributed by atoms with E-state index in [2.05, 4.69) is 10.0 Å². The first-order chi connectivity index (χ1) is 16.7. The van der Waals surface area contributed by atoms with E-state index < -0.39 is 49.5 Å². The number of carbonyl (C=O) groups excluding carboxylic acids is 2. The first-order valence-electron chi connectivity index (χ1n) is 10.8. The summed E-state index contributed by atoms with van der Waals surface area (Å²) in [5.41, 5.74) is 0.0360. The summed E-state index contributed by atoms with van der Waals surface area (Å²) in [5.74, 6) is -1.24. The van der Waals surface area contributed by atoms with Crippen LogP contribution in [0.5, 0.6) is 0 Å². The molecule has 0 aliphatic rings. The molecule has 0 heterocycles. The first kappa shape index (κ1) is 25.8. The summed E-state index contributed by atoms with van der Waals surface area (Å²) in [5, 5.41) is 15.9. The van der Waals surface area contributed by atoms with Crippen molar-refractivity contribution < 1.29 is 27.7 Å². The number of methoxy groups -OCH3 is 1. The van der Waals surface area contributed by atoms with Gasteiger partial charge in [-0.2, -0.15) is 4.72 Å². The van der Waals surface area contributed by atoms with E-state index in [0.717, 1.165) is 22.9 Å². The zero-order valence-electron chi connectivity index (χ0n) is 19.1. The molecule has 2 unspecified atom stereocenters. The second kappa shape index (κ2) is 11.1. The lowest BCUT2D eigenvalue weighted by molar-refractivity contribution is -0.387. The molecule has 0 bridgehead atoms. The topological polar surface area (TPSA) is 145 Å². The van der Waals surface area contributed by atoms with E-state index in [1.807, 2.05) is 36.4 Å². The highest BCUT2D eigenvalue weighted by Gasteiger charge is 2.31. The molecule has 2 atom stereocenters. The molecule has 1 amide bonds. The van der Waals surface area contributed by atoms with Gasteiger partial charge in [0.25, 0.3) is 5.69 Å². The van der Waals surface area contributed by atoms with Crippen molar-refractivity contribution in [2.45, 2.75) is 36.7 Å². The van der Waals surface area contributed by atoms with Gasteiger partial charge in [0.1, 0.15) is 6.04 Å². The lowest BCUT2D eigenvalue weighted by Crippen LogP contribution is -2.47. The molecule has 0 fully saturated rings. The van der Waals surface area contributed by atoms with Crippen LogP contribution in [0.25, 0.3) is 10.8 Å². The van der Waals surface area contributed by atoms with Crippen LogP contribution < -0.4 is 10.0 Å². The van der Waals surface area contributed by atoms with Gasteiger partial charge in [-0.3, -0.25) is 19.7 Å². The number of para-hydroxylation sites is 1. The fourth-order valence-corrected chi connectivity index (χ4v) is 5.06. The lowest BCUT2D eigenvalue weighted by atomic mass is 9.99. The molecule has 3 aromatic carbocycles. The molecule has 0 saturated carbocycles. The number of nitro benzene ring substituents is 1. The maximum atomic E-state index is 13.1.